The highest BCUT2D eigenvalue weighted by Gasteiger charge is 2.85. The maximum Gasteiger partial charge on any atom is 0.313 e. The van der Waals surface area contributed by atoms with Gasteiger partial charge >= 0.3 is 5.97 Å². The van der Waals surface area contributed by atoms with Crippen LogP contribution in [0.2, 0.25) is 0 Å². The van der Waals surface area contributed by atoms with Crippen molar-refractivity contribution in [1.29, 1.82) is 0 Å². The van der Waals surface area contributed by atoms with E-state index < -0.39 is 20.9 Å². The van der Waals surface area contributed by atoms with Crippen LogP contribution in [0.3, 0.4) is 0 Å². The molecule has 6 nitrogen and oxygen atoms in total. The molecule has 1 aliphatic heterocycles. The van der Waals surface area contributed by atoms with E-state index in [0.29, 0.717) is 12.8 Å². The summed E-state index contributed by atoms with van der Waals surface area (Å²) in [4.78, 5) is 25.5. The summed E-state index contributed by atoms with van der Waals surface area (Å²) in [5.74, 6) is -0.795. The molecule has 7 heteroatoms. The number of fused-ring (bicyclic) bond motifs is 2. The molecule has 0 radical (unpaired) electrons. The van der Waals surface area contributed by atoms with Gasteiger partial charge in [0.2, 0.25) is 0 Å². The first-order chi connectivity index (χ1) is 10.5. The predicted octanol–water partition coefficient (Wildman–Crippen LogP) is 1.07. The normalized spacial score (nSPS) is 43.3. The lowest BCUT2D eigenvalue weighted by molar-refractivity contribution is -0.147. The van der Waals surface area contributed by atoms with E-state index in [2.05, 4.69) is 19.9 Å². The third-order valence-electron chi connectivity index (χ3n) is 6.05. The van der Waals surface area contributed by atoms with Crippen molar-refractivity contribution in [3.63, 3.8) is 0 Å². The summed E-state index contributed by atoms with van der Waals surface area (Å²) in [6.45, 7) is 4.17. The Morgan fingerprint density at radius 3 is 2.70 bits per heavy atom. The summed E-state index contributed by atoms with van der Waals surface area (Å²) in [5.41, 5.74) is -1.02. The maximum absolute atomic E-state index is 13.1. The molecule has 3 aliphatic carbocycles. The fourth-order valence-electron chi connectivity index (χ4n) is 5.05. The summed E-state index contributed by atoms with van der Waals surface area (Å²) >= 11 is 0. The quantitative estimate of drug-likeness (QED) is 0.434. The first kappa shape index (κ1) is 15.3. The van der Waals surface area contributed by atoms with Crippen LogP contribution in [0.1, 0.15) is 26.7 Å². The molecule has 4 atom stereocenters. The molecule has 0 aromatic rings. The lowest BCUT2D eigenvalue weighted by Gasteiger charge is -2.34. The van der Waals surface area contributed by atoms with Crippen molar-refractivity contribution in [2.24, 2.45) is 28.1 Å². The van der Waals surface area contributed by atoms with Gasteiger partial charge in [0.25, 0.3) is 10.1 Å². The molecular weight excluding hydrogens is 320 g/mol. The first-order valence-corrected chi connectivity index (χ1v) is 9.63. The summed E-state index contributed by atoms with van der Waals surface area (Å²) in [6.07, 6.45) is 4.11. The molecule has 23 heavy (non-hydrogen) atoms. The van der Waals surface area contributed by atoms with Crippen LogP contribution in [-0.2, 0) is 28.6 Å². The fourth-order valence-corrected chi connectivity index (χ4v) is 5.47. The van der Waals surface area contributed by atoms with E-state index in [9.17, 15) is 18.0 Å². The van der Waals surface area contributed by atoms with Gasteiger partial charge < -0.3 is 4.74 Å². The second-order valence-corrected chi connectivity index (χ2v) is 9.75. The van der Waals surface area contributed by atoms with Gasteiger partial charge in [0, 0.05) is 11.8 Å². The van der Waals surface area contributed by atoms with Gasteiger partial charge in [-0.3, -0.25) is 13.8 Å². The Labute approximate surface area is 135 Å². The smallest absolute Gasteiger partial charge is 0.313 e. The van der Waals surface area contributed by atoms with Gasteiger partial charge in [-0.05, 0) is 18.3 Å². The van der Waals surface area contributed by atoms with E-state index in [1.807, 2.05) is 0 Å². The number of ether oxygens (including phenoxy) is 1. The Morgan fingerprint density at radius 1 is 1.35 bits per heavy atom. The Hall–Kier alpha value is -1.21. The molecule has 0 N–H and O–H groups in total. The Bertz CT molecular complexity index is 763. The minimum Gasteiger partial charge on any atom is -0.465 e. The highest BCUT2D eigenvalue weighted by molar-refractivity contribution is 7.85. The Balaban J connectivity index is 1.78. The van der Waals surface area contributed by atoms with Crippen molar-refractivity contribution >= 4 is 21.9 Å². The zero-order valence-electron chi connectivity index (χ0n) is 13.4. The largest absolute Gasteiger partial charge is 0.465 e. The Kier molecular flexibility index (Phi) is 2.70. The molecular formula is C16H20O6S. The number of hydrogen-bond donors (Lipinski definition) is 0. The van der Waals surface area contributed by atoms with Crippen LogP contribution < -0.4 is 0 Å². The Morgan fingerprint density at radius 2 is 2.04 bits per heavy atom. The number of hydrogen-bond acceptors (Lipinski definition) is 6. The molecule has 0 aromatic carbocycles. The maximum atomic E-state index is 13.1. The van der Waals surface area contributed by atoms with Gasteiger partial charge in [0.15, 0.2) is 0 Å². The fraction of sp³-hybridized carbons (Fsp3) is 0.750. The number of carbonyl (C=O) groups excluding carboxylic acids is 2. The third-order valence-corrected chi connectivity index (χ3v) is 6.60. The average molecular weight is 340 g/mol. The summed E-state index contributed by atoms with van der Waals surface area (Å²) in [5, 5.41) is 0. The van der Waals surface area contributed by atoms with Crippen LogP contribution in [-0.4, -0.2) is 39.6 Å². The highest BCUT2D eigenvalue weighted by atomic mass is 32.2. The number of rotatable bonds is 3. The molecule has 1 spiro atoms. The molecule has 4 aliphatic rings. The standard InChI is InChI=1S/C16H20O6S/c1-14(2)4-9-10(5-14)12(17)15(8-22-23(3,19)20)7-16(15)11(9)6-21-13(16)18/h4,10-11H,5-8H2,1-3H3/t10-,11+,15-,16-/m1/s1. The topological polar surface area (TPSA) is 86.7 Å². The van der Waals surface area contributed by atoms with Gasteiger partial charge in [-0.25, -0.2) is 0 Å². The first-order valence-electron chi connectivity index (χ1n) is 7.81. The van der Waals surface area contributed by atoms with Gasteiger partial charge in [0.05, 0.1) is 30.3 Å². The number of Topliss-reactive ketones (excluding diaryl/α,β-unsaturated/α-hetero) is 1. The molecule has 0 aromatic heterocycles. The van der Waals surface area contributed by atoms with Crippen molar-refractivity contribution in [3.05, 3.63) is 11.6 Å². The molecule has 0 bridgehead atoms. The van der Waals surface area contributed by atoms with E-state index in [4.69, 9.17) is 8.92 Å². The van der Waals surface area contributed by atoms with E-state index in [0.717, 1.165) is 11.8 Å². The van der Waals surface area contributed by atoms with Crippen LogP contribution in [0.25, 0.3) is 0 Å². The van der Waals surface area contributed by atoms with Crippen LogP contribution >= 0.6 is 0 Å². The molecule has 126 valence electrons. The van der Waals surface area contributed by atoms with E-state index >= 15 is 0 Å². The molecule has 0 amide bonds. The monoisotopic (exact) mass is 340 g/mol. The van der Waals surface area contributed by atoms with Gasteiger partial charge in [-0.15, -0.1) is 0 Å². The van der Waals surface area contributed by atoms with E-state index in [-0.39, 0.29) is 42.2 Å². The van der Waals surface area contributed by atoms with Crippen molar-refractivity contribution in [1.82, 2.24) is 0 Å². The van der Waals surface area contributed by atoms with E-state index in [1.165, 1.54) is 0 Å². The van der Waals surface area contributed by atoms with Gasteiger partial charge in [-0.1, -0.05) is 25.5 Å². The number of allylic oxidation sites excluding steroid dienone is 1. The zero-order valence-corrected chi connectivity index (χ0v) is 14.2. The highest BCUT2D eigenvalue weighted by Crippen LogP contribution is 2.77. The SMILES string of the molecule is CC1(C)C=C2[C@@H](C1)C(=O)[C@]1(COS(C)(=O)=O)C[C@@]13C(=O)OC[C@@H]23. The summed E-state index contributed by atoms with van der Waals surface area (Å²) < 4.78 is 33.0. The van der Waals surface area contributed by atoms with Crippen molar-refractivity contribution in [2.45, 2.75) is 26.7 Å². The van der Waals surface area contributed by atoms with Crippen molar-refractivity contribution in [2.75, 3.05) is 19.5 Å². The molecule has 4 rings (SSSR count). The second-order valence-electron chi connectivity index (χ2n) is 8.10. The minimum atomic E-state index is -3.67. The number of cyclic esters (lactones) is 1. The second kappa shape index (κ2) is 4.06. The number of carbonyl (C=O) groups is 2. The van der Waals surface area contributed by atoms with Crippen LogP contribution in [0.4, 0.5) is 0 Å². The summed E-state index contributed by atoms with van der Waals surface area (Å²) in [7, 11) is -3.67. The molecule has 1 heterocycles. The van der Waals surface area contributed by atoms with Gasteiger partial charge in [0.1, 0.15) is 5.78 Å². The average Bonchev–Trinajstić information content (AvgIpc) is 2.86. The molecule has 1 saturated heterocycles. The van der Waals surface area contributed by atoms with Crippen LogP contribution in [0.5, 0.6) is 0 Å². The van der Waals surface area contributed by atoms with Crippen LogP contribution in [0.15, 0.2) is 11.6 Å². The zero-order chi connectivity index (χ0) is 16.8. The number of ketones is 1. The van der Waals surface area contributed by atoms with Crippen molar-refractivity contribution in [3.8, 4) is 0 Å². The van der Waals surface area contributed by atoms with Crippen molar-refractivity contribution < 1.29 is 26.9 Å². The summed E-state index contributed by atoms with van der Waals surface area (Å²) in [6, 6.07) is 0. The van der Waals surface area contributed by atoms with E-state index in [1.54, 1.807) is 0 Å². The van der Waals surface area contributed by atoms with Gasteiger partial charge in [-0.2, -0.15) is 8.42 Å². The third kappa shape index (κ3) is 1.80. The molecule has 0 unspecified atom stereocenters. The lowest BCUT2D eigenvalue weighted by atomic mass is 9.66. The van der Waals surface area contributed by atoms with Crippen LogP contribution in [0, 0.1) is 28.1 Å². The molecule has 2 saturated carbocycles. The minimum absolute atomic E-state index is 0.0481. The molecule has 3 fully saturated rings. The lowest BCUT2D eigenvalue weighted by Crippen LogP contribution is -2.44. The number of esters is 1. The predicted molar refractivity (Wildman–Crippen MR) is 79.7 cm³/mol.